The van der Waals surface area contributed by atoms with Crippen molar-refractivity contribution in [2.24, 2.45) is 0 Å². The van der Waals surface area contributed by atoms with E-state index in [2.05, 4.69) is 5.10 Å². The summed E-state index contributed by atoms with van der Waals surface area (Å²) in [6, 6.07) is 3.49. The Morgan fingerprint density at radius 2 is 2.13 bits per heavy atom. The second-order valence-electron chi connectivity index (χ2n) is 4.43. The van der Waals surface area contributed by atoms with Crippen LogP contribution in [0, 0.1) is 11.3 Å². The summed E-state index contributed by atoms with van der Waals surface area (Å²) in [5.74, 6) is 0. The normalized spacial score (nSPS) is 11.1. The van der Waals surface area contributed by atoms with Crippen molar-refractivity contribution in [3.05, 3.63) is 27.7 Å². The van der Waals surface area contributed by atoms with Crippen molar-refractivity contribution >= 4 is 0 Å². The minimum Gasteiger partial charge on any atom is -0.266 e. The van der Waals surface area contributed by atoms with Gasteiger partial charge in [-0.15, -0.1) is 0 Å². The fourth-order valence-electron chi connectivity index (χ4n) is 1.20. The summed E-state index contributed by atoms with van der Waals surface area (Å²) in [4.78, 5) is 11.6. The SMILES string of the molecule is CCn1nc(C(C)(C)C)cc(C#N)c1=O. The summed E-state index contributed by atoms with van der Waals surface area (Å²) >= 11 is 0. The molecule has 0 radical (unpaired) electrons. The maximum Gasteiger partial charge on any atom is 0.284 e. The minimum atomic E-state index is -0.312. The van der Waals surface area contributed by atoms with Crippen LogP contribution in [0.3, 0.4) is 0 Å². The second kappa shape index (κ2) is 3.85. The first-order valence-corrected chi connectivity index (χ1v) is 4.93. The highest BCUT2D eigenvalue weighted by Gasteiger charge is 2.18. The van der Waals surface area contributed by atoms with Gasteiger partial charge in [0, 0.05) is 12.0 Å². The first-order chi connectivity index (χ1) is 6.90. The van der Waals surface area contributed by atoms with Crippen LogP contribution >= 0.6 is 0 Å². The van der Waals surface area contributed by atoms with Gasteiger partial charge in [0.2, 0.25) is 0 Å². The maximum absolute atomic E-state index is 11.6. The van der Waals surface area contributed by atoms with Crippen LogP contribution in [-0.4, -0.2) is 9.78 Å². The van der Waals surface area contributed by atoms with Gasteiger partial charge in [0.25, 0.3) is 5.56 Å². The van der Waals surface area contributed by atoms with E-state index in [1.54, 1.807) is 6.07 Å². The molecule has 0 aliphatic rings. The molecule has 4 heteroatoms. The Balaban J connectivity index is 3.49. The molecule has 0 aliphatic heterocycles. The molecule has 0 N–H and O–H groups in total. The highest BCUT2D eigenvalue weighted by atomic mass is 16.1. The van der Waals surface area contributed by atoms with E-state index in [9.17, 15) is 4.79 Å². The van der Waals surface area contributed by atoms with Gasteiger partial charge >= 0.3 is 0 Å². The zero-order chi connectivity index (χ0) is 11.6. The monoisotopic (exact) mass is 205 g/mol. The van der Waals surface area contributed by atoms with Crippen molar-refractivity contribution in [1.29, 1.82) is 5.26 Å². The van der Waals surface area contributed by atoms with Crippen molar-refractivity contribution < 1.29 is 0 Å². The van der Waals surface area contributed by atoms with Crippen molar-refractivity contribution in [3.63, 3.8) is 0 Å². The molecule has 0 amide bonds. The van der Waals surface area contributed by atoms with Gasteiger partial charge in [-0.1, -0.05) is 20.8 Å². The molecule has 1 aromatic heterocycles. The zero-order valence-corrected chi connectivity index (χ0v) is 9.53. The molecule has 0 fully saturated rings. The molecule has 0 saturated carbocycles. The van der Waals surface area contributed by atoms with Crippen LogP contribution in [0.25, 0.3) is 0 Å². The number of nitrogens with zero attached hydrogens (tertiary/aromatic N) is 3. The van der Waals surface area contributed by atoms with Crippen LogP contribution in [0.5, 0.6) is 0 Å². The van der Waals surface area contributed by atoms with Crippen molar-refractivity contribution in [2.75, 3.05) is 0 Å². The van der Waals surface area contributed by atoms with Crippen LogP contribution in [0.15, 0.2) is 10.9 Å². The molecule has 4 nitrogen and oxygen atoms in total. The van der Waals surface area contributed by atoms with Gasteiger partial charge in [-0.05, 0) is 13.0 Å². The number of hydrogen-bond donors (Lipinski definition) is 0. The first-order valence-electron chi connectivity index (χ1n) is 4.93. The number of aryl methyl sites for hydroxylation is 1. The highest BCUT2D eigenvalue weighted by molar-refractivity contribution is 5.29. The smallest absolute Gasteiger partial charge is 0.266 e. The lowest BCUT2D eigenvalue weighted by Crippen LogP contribution is -2.29. The fraction of sp³-hybridized carbons (Fsp3) is 0.545. The summed E-state index contributed by atoms with van der Waals surface area (Å²) in [6.07, 6.45) is 0. The second-order valence-corrected chi connectivity index (χ2v) is 4.43. The van der Waals surface area contributed by atoms with E-state index in [1.165, 1.54) is 4.68 Å². The van der Waals surface area contributed by atoms with Crippen LogP contribution < -0.4 is 5.56 Å². The largest absolute Gasteiger partial charge is 0.284 e. The van der Waals surface area contributed by atoms with Crippen LogP contribution in [0.2, 0.25) is 0 Å². The van der Waals surface area contributed by atoms with Gasteiger partial charge in [0.05, 0.1) is 5.69 Å². The maximum atomic E-state index is 11.6. The predicted molar refractivity (Wildman–Crippen MR) is 57.6 cm³/mol. The Morgan fingerprint density at radius 1 is 1.53 bits per heavy atom. The lowest BCUT2D eigenvalue weighted by atomic mass is 9.91. The van der Waals surface area contributed by atoms with E-state index >= 15 is 0 Å². The van der Waals surface area contributed by atoms with Crippen molar-refractivity contribution in [2.45, 2.75) is 39.7 Å². The summed E-state index contributed by atoms with van der Waals surface area (Å²) in [5, 5.41) is 13.1. The predicted octanol–water partition coefficient (Wildman–Crippen LogP) is 1.43. The molecule has 0 aromatic carbocycles. The average molecular weight is 205 g/mol. The third-order valence-electron chi connectivity index (χ3n) is 2.16. The van der Waals surface area contributed by atoms with Crippen molar-refractivity contribution in [3.8, 4) is 6.07 Å². The van der Waals surface area contributed by atoms with Crippen LogP contribution in [-0.2, 0) is 12.0 Å². The minimum absolute atomic E-state index is 0.157. The van der Waals surface area contributed by atoms with Gasteiger partial charge in [0.1, 0.15) is 11.6 Å². The Kier molecular flexibility index (Phi) is 2.94. The molecule has 0 unspecified atom stereocenters. The lowest BCUT2D eigenvalue weighted by Gasteiger charge is -2.18. The summed E-state index contributed by atoms with van der Waals surface area (Å²) in [6.45, 7) is 8.32. The van der Waals surface area contributed by atoms with E-state index in [-0.39, 0.29) is 16.5 Å². The number of nitriles is 1. The molecule has 0 atom stereocenters. The molecule has 80 valence electrons. The Morgan fingerprint density at radius 3 is 2.53 bits per heavy atom. The van der Waals surface area contributed by atoms with Gasteiger partial charge in [-0.25, -0.2) is 4.68 Å². The molecule has 1 aromatic rings. The molecule has 0 spiro atoms. The van der Waals surface area contributed by atoms with E-state index in [0.717, 1.165) is 5.69 Å². The molecule has 0 bridgehead atoms. The molecule has 1 rings (SSSR count). The van der Waals surface area contributed by atoms with Crippen LogP contribution in [0.1, 0.15) is 39.0 Å². The lowest BCUT2D eigenvalue weighted by molar-refractivity contribution is 0.510. The van der Waals surface area contributed by atoms with E-state index in [1.807, 2.05) is 33.8 Å². The summed E-state index contributed by atoms with van der Waals surface area (Å²) in [7, 11) is 0. The molecule has 0 saturated heterocycles. The quantitative estimate of drug-likeness (QED) is 0.696. The van der Waals surface area contributed by atoms with Gasteiger partial charge in [-0.2, -0.15) is 10.4 Å². The third kappa shape index (κ3) is 2.24. The fourth-order valence-corrected chi connectivity index (χ4v) is 1.20. The van der Waals surface area contributed by atoms with E-state index in [0.29, 0.717) is 6.54 Å². The van der Waals surface area contributed by atoms with Gasteiger partial charge in [0.15, 0.2) is 0 Å². The van der Waals surface area contributed by atoms with E-state index in [4.69, 9.17) is 5.26 Å². The van der Waals surface area contributed by atoms with E-state index < -0.39 is 0 Å². The van der Waals surface area contributed by atoms with Gasteiger partial charge in [-0.3, -0.25) is 4.79 Å². The molecule has 0 aliphatic carbocycles. The topological polar surface area (TPSA) is 58.7 Å². The average Bonchev–Trinajstić information content (AvgIpc) is 2.16. The Bertz CT molecular complexity index is 460. The highest BCUT2D eigenvalue weighted by Crippen LogP contribution is 2.19. The van der Waals surface area contributed by atoms with Gasteiger partial charge < -0.3 is 0 Å². The summed E-state index contributed by atoms with van der Waals surface area (Å²) in [5.41, 5.74) is 0.459. The Labute approximate surface area is 89.2 Å². The Hall–Kier alpha value is -1.63. The van der Waals surface area contributed by atoms with Crippen LogP contribution in [0.4, 0.5) is 0 Å². The molecular weight excluding hydrogens is 190 g/mol. The summed E-state index contributed by atoms with van der Waals surface area (Å²) < 4.78 is 1.33. The standard InChI is InChI=1S/C11H15N3O/c1-5-14-10(15)8(7-12)6-9(13-14)11(2,3)4/h6H,5H2,1-4H3. The number of rotatable bonds is 1. The molecule has 1 heterocycles. The van der Waals surface area contributed by atoms with Crippen molar-refractivity contribution in [1.82, 2.24) is 9.78 Å². The number of hydrogen-bond acceptors (Lipinski definition) is 3. The zero-order valence-electron chi connectivity index (χ0n) is 9.53. The molecular formula is C11H15N3O. The molecule has 15 heavy (non-hydrogen) atoms. The number of aromatic nitrogens is 2. The third-order valence-corrected chi connectivity index (χ3v) is 2.16. The first kappa shape index (κ1) is 11.4.